The number of benzene rings is 2. The van der Waals surface area contributed by atoms with Crippen LogP contribution in [0.3, 0.4) is 0 Å². The summed E-state index contributed by atoms with van der Waals surface area (Å²) in [6.07, 6.45) is -0.500. The Morgan fingerprint density at radius 1 is 0.893 bits per heavy atom. The van der Waals surface area contributed by atoms with Crippen molar-refractivity contribution in [2.45, 2.75) is 52.7 Å². The minimum atomic E-state index is -0.573. The van der Waals surface area contributed by atoms with Crippen LogP contribution in [0.15, 0.2) is 46.9 Å². The SMILES string of the molecule is CC(C)(C)OCNc1ccc(-c2ccc(Br)cc2)cc1NC(=O)OC(C)(C)C. The molecule has 0 aliphatic rings. The van der Waals surface area contributed by atoms with Crippen LogP contribution in [0.4, 0.5) is 16.2 Å². The van der Waals surface area contributed by atoms with Gasteiger partial charge in [-0.2, -0.15) is 0 Å². The highest BCUT2D eigenvalue weighted by Gasteiger charge is 2.18. The number of amides is 1. The third-order valence-electron chi connectivity index (χ3n) is 3.60. The van der Waals surface area contributed by atoms with E-state index in [2.05, 4.69) is 26.6 Å². The Kier molecular flexibility index (Phi) is 7.12. The molecule has 0 aliphatic carbocycles. The van der Waals surface area contributed by atoms with Gasteiger partial charge in [0.15, 0.2) is 0 Å². The van der Waals surface area contributed by atoms with Crippen LogP contribution in [0.2, 0.25) is 0 Å². The second-order valence-corrected chi connectivity index (χ2v) is 9.39. The minimum absolute atomic E-state index is 0.261. The van der Waals surface area contributed by atoms with Crippen molar-refractivity contribution in [3.63, 3.8) is 0 Å². The van der Waals surface area contributed by atoms with Crippen LogP contribution in [0, 0.1) is 0 Å². The van der Waals surface area contributed by atoms with Gasteiger partial charge in [0.05, 0.1) is 17.0 Å². The van der Waals surface area contributed by atoms with Crippen LogP contribution in [0.1, 0.15) is 41.5 Å². The molecular formula is C22H29BrN2O3. The molecule has 28 heavy (non-hydrogen) atoms. The molecule has 0 saturated carbocycles. The highest BCUT2D eigenvalue weighted by Crippen LogP contribution is 2.30. The Labute approximate surface area is 175 Å². The Morgan fingerprint density at radius 3 is 2.07 bits per heavy atom. The molecule has 6 heteroatoms. The van der Waals surface area contributed by atoms with Crippen LogP contribution in [-0.4, -0.2) is 24.0 Å². The molecule has 152 valence electrons. The highest BCUT2D eigenvalue weighted by molar-refractivity contribution is 9.10. The van der Waals surface area contributed by atoms with E-state index in [1.165, 1.54) is 0 Å². The summed E-state index contributed by atoms with van der Waals surface area (Å²) >= 11 is 3.45. The smallest absolute Gasteiger partial charge is 0.412 e. The first-order valence-electron chi connectivity index (χ1n) is 9.21. The lowest BCUT2D eigenvalue weighted by Gasteiger charge is -2.23. The van der Waals surface area contributed by atoms with E-state index in [0.717, 1.165) is 21.3 Å². The lowest BCUT2D eigenvalue weighted by molar-refractivity contribution is 0.00845. The largest absolute Gasteiger partial charge is 0.444 e. The maximum Gasteiger partial charge on any atom is 0.412 e. The van der Waals surface area contributed by atoms with E-state index in [1.807, 2.05) is 84.0 Å². The van der Waals surface area contributed by atoms with Gasteiger partial charge < -0.3 is 14.8 Å². The Hall–Kier alpha value is -2.05. The van der Waals surface area contributed by atoms with Crippen molar-refractivity contribution in [3.05, 3.63) is 46.9 Å². The molecule has 5 nitrogen and oxygen atoms in total. The molecule has 2 rings (SSSR count). The van der Waals surface area contributed by atoms with Crippen molar-refractivity contribution in [1.29, 1.82) is 0 Å². The van der Waals surface area contributed by atoms with Gasteiger partial charge in [-0.3, -0.25) is 5.32 Å². The predicted octanol–water partition coefficient (Wildman–Crippen LogP) is 6.65. The van der Waals surface area contributed by atoms with Gasteiger partial charge in [-0.1, -0.05) is 34.1 Å². The summed E-state index contributed by atoms with van der Waals surface area (Å²) in [4.78, 5) is 12.3. The number of nitrogens with one attached hydrogen (secondary N) is 2. The van der Waals surface area contributed by atoms with Gasteiger partial charge in [0.2, 0.25) is 0 Å². The third kappa shape index (κ3) is 7.52. The van der Waals surface area contributed by atoms with E-state index in [9.17, 15) is 4.79 Å². The number of hydrogen-bond donors (Lipinski definition) is 2. The summed E-state index contributed by atoms with van der Waals surface area (Å²) in [6, 6.07) is 13.9. The fourth-order valence-corrected chi connectivity index (χ4v) is 2.63. The predicted molar refractivity (Wildman–Crippen MR) is 119 cm³/mol. The molecular weight excluding hydrogens is 420 g/mol. The Balaban J connectivity index is 2.27. The molecule has 2 aromatic rings. The van der Waals surface area contributed by atoms with E-state index in [1.54, 1.807) is 0 Å². The summed E-state index contributed by atoms with van der Waals surface area (Å²) < 4.78 is 12.2. The van der Waals surface area contributed by atoms with Gasteiger partial charge in [0.1, 0.15) is 12.3 Å². The molecule has 0 bridgehead atoms. The molecule has 0 radical (unpaired) electrons. The summed E-state index contributed by atoms with van der Waals surface area (Å²) in [7, 11) is 0. The van der Waals surface area contributed by atoms with E-state index in [-0.39, 0.29) is 5.60 Å². The third-order valence-corrected chi connectivity index (χ3v) is 4.13. The maximum absolute atomic E-state index is 12.3. The highest BCUT2D eigenvalue weighted by atomic mass is 79.9. The summed E-state index contributed by atoms with van der Waals surface area (Å²) in [5.41, 5.74) is 2.59. The van der Waals surface area contributed by atoms with Gasteiger partial charge in [-0.25, -0.2) is 4.79 Å². The van der Waals surface area contributed by atoms with Gasteiger partial charge in [0.25, 0.3) is 0 Å². The second-order valence-electron chi connectivity index (χ2n) is 8.47. The molecule has 0 aliphatic heterocycles. The molecule has 0 atom stereocenters. The molecule has 0 aromatic heterocycles. The fourth-order valence-electron chi connectivity index (χ4n) is 2.37. The zero-order valence-electron chi connectivity index (χ0n) is 17.4. The molecule has 2 N–H and O–H groups in total. The monoisotopic (exact) mass is 448 g/mol. The average molecular weight is 449 g/mol. The molecule has 0 spiro atoms. The van der Waals surface area contributed by atoms with Crippen LogP contribution < -0.4 is 10.6 Å². The van der Waals surface area contributed by atoms with Crippen molar-refractivity contribution < 1.29 is 14.3 Å². The molecule has 0 saturated heterocycles. The lowest BCUT2D eigenvalue weighted by atomic mass is 10.0. The van der Waals surface area contributed by atoms with Gasteiger partial charge >= 0.3 is 6.09 Å². The second kappa shape index (κ2) is 8.97. The first-order valence-corrected chi connectivity index (χ1v) is 10.0. The van der Waals surface area contributed by atoms with Crippen LogP contribution in [0.5, 0.6) is 0 Å². The van der Waals surface area contributed by atoms with E-state index < -0.39 is 11.7 Å². The summed E-state index contributed by atoms with van der Waals surface area (Å²) in [5, 5.41) is 6.07. The molecule has 0 heterocycles. The van der Waals surface area contributed by atoms with E-state index >= 15 is 0 Å². The number of hydrogen-bond acceptors (Lipinski definition) is 4. The van der Waals surface area contributed by atoms with Crippen molar-refractivity contribution in [3.8, 4) is 11.1 Å². The zero-order valence-corrected chi connectivity index (χ0v) is 18.9. The molecule has 0 fully saturated rings. The number of rotatable bonds is 5. The first kappa shape index (κ1) is 22.2. The number of ether oxygens (including phenoxy) is 2. The van der Waals surface area contributed by atoms with Crippen LogP contribution in [-0.2, 0) is 9.47 Å². The molecule has 1 amide bonds. The quantitative estimate of drug-likeness (QED) is 0.502. The van der Waals surface area contributed by atoms with Crippen molar-refractivity contribution in [2.24, 2.45) is 0 Å². The fraction of sp³-hybridized carbons (Fsp3) is 0.409. The minimum Gasteiger partial charge on any atom is -0.444 e. The summed E-state index contributed by atoms with van der Waals surface area (Å²) in [5.74, 6) is 0. The topological polar surface area (TPSA) is 59.6 Å². The van der Waals surface area contributed by atoms with Crippen LogP contribution in [0.25, 0.3) is 11.1 Å². The Morgan fingerprint density at radius 2 is 1.50 bits per heavy atom. The van der Waals surface area contributed by atoms with Gasteiger partial charge in [0, 0.05) is 4.47 Å². The van der Waals surface area contributed by atoms with Gasteiger partial charge in [-0.05, 0) is 76.9 Å². The molecule has 0 unspecified atom stereocenters. The number of anilines is 2. The van der Waals surface area contributed by atoms with Crippen molar-refractivity contribution in [2.75, 3.05) is 17.4 Å². The van der Waals surface area contributed by atoms with Gasteiger partial charge in [-0.15, -0.1) is 0 Å². The lowest BCUT2D eigenvalue weighted by Crippen LogP contribution is -2.28. The standard InChI is InChI=1S/C22H29BrN2O3/c1-21(2,3)27-14-24-18-12-9-16(15-7-10-17(23)11-8-15)13-19(18)25-20(26)28-22(4,5)6/h7-13,24H,14H2,1-6H3,(H,25,26). The first-order chi connectivity index (χ1) is 12.9. The zero-order chi connectivity index (χ0) is 20.9. The maximum atomic E-state index is 12.3. The number of carbonyl (C=O) groups excluding carboxylic acids is 1. The average Bonchev–Trinajstić information content (AvgIpc) is 2.54. The number of carbonyl (C=O) groups is 1. The number of halogens is 1. The Bertz CT molecular complexity index is 806. The summed E-state index contributed by atoms with van der Waals surface area (Å²) in [6.45, 7) is 11.8. The van der Waals surface area contributed by atoms with E-state index in [4.69, 9.17) is 9.47 Å². The van der Waals surface area contributed by atoms with Crippen LogP contribution >= 0.6 is 15.9 Å². The van der Waals surface area contributed by atoms with Crippen molar-refractivity contribution >= 4 is 33.4 Å². The van der Waals surface area contributed by atoms with E-state index in [0.29, 0.717) is 12.4 Å². The normalized spacial score (nSPS) is 11.8. The van der Waals surface area contributed by atoms with Crippen molar-refractivity contribution in [1.82, 2.24) is 0 Å². The molecule has 2 aromatic carbocycles.